The van der Waals surface area contributed by atoms with Gasteiger partial charge >= 0.3 is 0 Å². The van der Waals surface area contributed by atoms with Crippen molar-refractivity contribution < 1.29 is 0 Å². The highest BCUT2D eigenvalue weighted by atomic mass is 32.1. The first kappa shape index (κ1) is 13.0. The quantitative estimate of drug-likeness (QED) is 0.846. The Hall–Kier alpha value is -2.05. The van der Waals surface area contributed by atoms with E-state index in [-0.39, 0.29) is 0 Å². The molecule has 0 aliphatic heterocycles. The van der Waals surface area contributed by atoms with Crippen molar-refractivity contribution >= 4 is 22.6 Å². The van der Waals surface area contributed by atoms with Crippen molar-refractivity contribution in [1.29, 1.82) is 5.26 Å². The van der Waals surface area contributed by atoms with Gasteiger partial charge in [0.25, 0.3) is 0 Å². The minimum Gasteiger partial charge on any atom is -0.396 e. The largest absolute Gasteiger partial charge is 0.396 e. The molecule has 1 aliphatic carbocycles. The summed E-state index contributed by atoms with van der Waals surface area (Å²) in [6.45, 7) is 0. The zero-order chi connectivity index (χ0) is 13.9. The lowest BCUT2D eigenvalue weighted by atomic mass is 9.98. The number of nitriles is 1. The molecule has 1 aliphatic rings. The first-order valence-corrected chi connectivity index (χ1v) is 7.68. The Bertz CT molecular complexity index is 666. The fraction of sp³-hybridized carbons (Fsp3) is 0.235. The number of nitrogens with two attached hydrogens (primary N) is 1. The van der Waals surface area contributed by atoms with Gasteiger partial charge in [-0.05, 0) is 42.9 Å². The molecule has 2 N–H and O–H groups in total. The molecule has 2 aromatic rings. The number of fused-ring (bicyclic) bond motifs is 1. The summed E-state index contributed by atoms with van der Waals surface area (Å²) in [6, 6.07) is 14.1. The maximum Gasteiger partial charge on any atom is 0.102 e. The third kappa shape index (κ3) is 2.35. The van der Waals surface area contributed by atoms with Crippen LogP contribution in [0.25, 0.3) is 11.3 Å². The molecule has 0 saturated carbocycles. The normalized spacial score (nSPS) is 15.2. The Kier molecular flexibility index (Phi) is 3.58. The number of nitrogens with zero attached hydrogens (tertiary/aromatic N) is 1. The van der Waals surface area contributed by atoms with Crippen molar-refractivity contribution in [3.63, 3.8) is 0 Å². The van der Waals surface area contributed by atoms with Gasteiger partial charge in [-0.15, -0.1) is 11.3 Å². The van der Waals surface area contributed by atoms with Crippen molar-refractivity contribution in [2.45, 2.75) is 25.7 Å². The van der Waals surface area contributed by atoms with Crippen LogP contribution in [-0.4, -0.2) is 0 Å². The molecule has 100 valence electrons. The number of allylic oxidation sites excluding steroid dienone is 1. The standard InChI is InChI=1S/C17H16N2S/c18-11-14(12-6-2-1-3-7-12)17(19)16-10-13-8-4-5-9-15(13)20-16/h1-3,6-7,10H,4-5,8-9,19H2/b17-14-. The van der Waals surface area contributed by atoms with Crippen molar-refractivity contribution in [3.8, 4) is 6.07 Å². The van der Waals surface area contributed by atoms with Crippen LogP contribution in [0.2, 0.25) is 0 Å². The number of aryl methyl sites for hydroxylation is 2. The second-order valence-corrected chi connectivity index (χ2v) is 6.17. The molecule has 0 spiro atoms. The van der Waals surface area contributed by atoms with Gasteiger partial charge in [0.05, 0.1) is 16.1 Å². The minimum absolute atomic E-state index is 0.573. The van der Waals surface area contributed by atoms with Crippen molar-refractivity contribution in [2.24, 2.45) is 5.73 Å². The van der Waals surface area contributed by atoms with Crippen molar-refractivity contribution in [1.82, 2.24) is 0 Å². The van der Waals surface area contributed by atoms with Gasteiger partial charge in [0.1, 0.15) is 6.07 Å². The molecule has 0 saturated heterocycles. The van der Waals surface area contributed by atoms with Crippen LogP contribution in [0.3, 0.4) is 0 Å². The molecule has 2 nitrogen and oxygen atoms in total. The Morgan fingerprint density at radius 1 is 1.15 bits per heavy atom. The first-order valence-electron chi connectivity index (χ1n) is 6.87. The average Bonchev–Trinajstić information content (AvgIpc) is 2.93. The summed E-state index contributed by atoms with van der Waals surface area (Å²) in [5.74, 6) is 0. The smallest absolute Gasteiger partial charge is 0.102 e. The van der Waals surface area contributed by atoms with Gasteiger partial charge in [-0.2, -0.15) is 5.26 Å². The monoisotopic (exact) mass is 280 g/mol. The predicted octanol–water partition coefficient (Wildman–Crippen LogP) is 3.98. The van der Waals surface area contributed by atoms with Crippen LogP contribution >= 0.6 is 11.3 Å². The van der Waals surface area contributed by atoms with Crippen molar-refractivity contribution in [3.05, 3.63) is 57.3 Å². The van der Waals surface area contributed by atoms with E-state index in [1.54, 1.807) is 11.3 Å². The third-order valence-electron chi connectivity index (χ3n) is 3.71. The van der Waals surface area contributed by atoms with Crippen LogP contribution < -0.4 is 5.73 Å². The molecule has 3 rings (SSSR count). The fourth-order valence-corrected chi connectivity index (χ4v) is 3.85. The maximum atomic E-state index is 9.43. The van der Waals surface area contributed by atoms with E-state index in [4.69, 9.17) is 5.73 Å². The molecule has 3 heteroatoms. The molecule has 0 bridgehead atoms. The molecule has 0 amide bonds. The molecule has 20 heavy (non-hydrogen) atoms. The number of benzene rings is 1. The van der Waals surface area contributed by atoms with E-state index in [1.165, 1.54) is 23.3 Å². The van der Waals surface area contributed by atoms with Gasteiger partial charge in [-0.25, -0.2) is 0 Å². The second-order valence-electron chi connectivity index (χ2n) is 5.03. The average molecular weight is 280 g/mol. The van der Waals surface area contributed by atoms with Gasteiger partial charge in [-0.3, -0.25) is 0 Å². The summed E-state index contributed by atoms with van der Waals surface area (Å²) in [5.41, 5.74) is 9.75. The lowest BCUT2D eigenvalue weighted by Gasteiger charge is -2.08. The van der Waals surface area contributed by atoms with E-state index in [0.29, 0.717) is 11.3 Å². The Morgan fingerprint density at radius 2 is 1.90 bits per heavy atom. The third-order valence-corrected chi connectivity index (χ3v) is 4.98. The summed E-state index contributed by atoms with van der Waals surface area (Å²) >= 11 is 1.75. The van der Waals surface area contributed by atoms with Gasteiger partial charge < -0.3 is 5.73 Å². The fourth-order valence-electron chi connectivity index (χ4n) is 2.63. The van der Waals surface area contributed by atoms with E-state index in [0.717, 1.165) is 23.3 Å². The number of hydrogen-bond acceptors (Lipinski definition) is 3. The summed E-state index contributed by atoms with van der Waals surface area (Å²) < 4.78 is 0. The van der Waals surface area contributed by atoms with E-state index in [9.17, 15) is 5.26 Å². The zero-order valence-corrected chi connectivity index (χ0v) is 12.0. The highest BCUT2D eigenvalue weighted by Crippen LogP contribution is 2.34. The molecule has 0 radical (unpaired) electrons. The SMILES string of the molecule is N#C/C(=C(/N)c1cc2c(s1)CCCC2)c1ccccc1. The molecular formula is C17H16N2S. The summed E-state index contributed by atoms with van der Waals surface area (Å²) in [4.78, 5) is 2.48. The highest BCUT2D eigenvalue weighted by Gasteiger charge is 2.16. The lowest BCUT2D eigenvalue weighted by molar-refractivity contribution is 0.697. The topological polar surface area (TPSA) is 49.8 Å². The predicted molar refractivity (Wildman–Crippen MR) is 84.0 cm³/mol. The molecule has 0 fully saturated rings. The van der Waals surface area contributed by atoms with Crippen molar-refractivity contribution in [2.75, 3.05) is 0 Å². The number of thiophene rings is 1. The van der Waals surface area contributed by atoms with E-state index in [2.05, 4.69) is 12.1 Å². The Labute approximate surface area is 123 Å². The number of rotatable bonds is 2. The van der Waals surface area contributed by atoms with Gasteiger partial charge in [0.2, 0.25) is 0 Å². The second kappa shape index (κ2) is 5.52. The summed E-state index contributed by atoms with van der Waals surface area (Å²) in [7, 11) is 0. The van der Waals surface area contributed by atoms with Crippen LogP contribution in [-0.2, 0) is 12.8 Å². The molecule has 1 aromatic carbocycles. The van der Waals surface area contributed by atoms with Gasteiger partial charge in [0.15, 0.2) is 0 Å². The molecular weight excluding hydrogens is 264 g/mol. The van der Waals surface area contributed by atoms with Crippen LogP contribution in [0.5, 0.6) is 0 Å². The molecule has 1 aromatic heterocycles. The maximum absolute atomic E-state index is 9.43. The zero-order valence-electron chi connectivity index (χ0n) is 11.2. The number of hydrogen-bond donors (Lipinski definition) is 1. The first-order chi connectivity index (χ1) is 9.79. The van der Waals surface area contributed by atoms with E-state index in [1.807, 2.05) is 30.3 Å². The van der Waals surface area contributed by atoms with Gasteiger partial charge in [-0.1, -0.05) is 30.3 Å². The Morgan fingerprint density at radius 3 is 2.60 bits per heavy atom. The lowest BCUT2D eigenvalue weighted by Crippen LogP contribution is -1.98. The molecule has 0 atom stereocenters. The minimum atomic E-state index is 0.573. The van der Waals surface area contributed by atoms with Crippen LogP contribution in [0.4, 0.5) is 0 Å². The highest BCUT2D eigenvalue weighted by molar-refractivity contribution is 7.13. The van der Waals surface area contributed by atoms with E-state index >= 15 is 0 Å². The molecule has 0 unspecified atom stereocenters. The van der Waals surface area contributed by atoms with Crippen LogP contribution in [0.15, 0.2) is 36.4 Å². The van der Waals surface area contributed by atoms with Gasteiger partial charge in [0, 0.05) is 4.88 Å². The van der Waals surface area contributed by atoms with E-state index < -0.39 is 0 Å². The van der Waals surface area contributed by atoms with Crippen LogP contribution in [0.1, 0.15) is 33.7 Å². The molecule has 1 heterocycles. The summed E-state index contributed by atoms with van der Waals surface area (Å²) in [5, 5.41) is 9.43. The summed E-state index contributed by atoms with van der Waals surface area (Å²) in [6.07, 6.45) is 4.82. The Balaban J connectivity index is 2.05. The van der Waals surface area contributed by atoms with Crippen LogP contribution in [0, 0.1) is 11.3 Å².